The van der Waals surface area contributed by atoms with Gasteiger partial charge in [-0.05, 0) is 29.5 Å². The Bertz CT molecular complexity index is 597. The number of halogens is 2. The Morgan fingerprint density at radius 1 is 1.25 bits per heavy atom. The van der Waals surface area contributed by atoms with Gasteiger partial charge in [0.1, 0.15) is 10.8 Å². The fraction of sp³-hybridized carbons (Fsp3) is 0.400. The molecule has 0 radical (unpaired) electrons. The molecule has 0 spiro atoms. The summed E-state index contributed by atoms with van der Waals surface area (Å²) in [6.45, 7) is 7.11. The van der Waals surface area contributed by atoms with Gasteiger partial charge in [0.15, 0.2) is 0 Å². The predicted octanol–water partition coefficient (Wildman–Crippen LogP) is 4.52. The summed E-state index contributed by atoms with van der Waals surface area (Å²) in [5, 5.41) is 5.14. The van der Waals surface area contributed by atoms with Crippen LogP contribution in [0.2, 0.25) is 5.02 Å². The quantitative estimate of drug-likeness (QED) is 0.878. The van der Waals surface area contributed by atoms with Crippen LogP contribution in [0.4, 0.5) is 5.82 Å². The minimum atomic E-state index is 0.132. The second-order valence-electron chi connectivity index (χ2n) is 6.17. The lowest BCUT2D eigenvalue weighted by atomic mass is 9.91. The number of anilines is 1. The van der Waals surface area contributed by atoms with E-state index in [0.717, 1.165) is 22.2 Å². The van der Waals surface area contributed by atoms with Crippen LogP contribution < -0.4 is 5.73 Å². The lowest BCUT2D eigenvalue weighted by Gasteiger charge is -2.16. The van der Waals surface area contributed by atoms with Crippen molar-refractivity contribution in [3.63, 3.8) is 0 Å². The largest absolute Gasteiger partial charge is 0.383 e. The number of nitrogens with zero attached hydrogens (tertiary/aromatic N) is 2. The van der Waals surface area contributed by atoms with Crippen LogP contribution >= 0.6 is 27.5 Å². The first-order valence-corrected chi connectivity index (χ1v) is 7.68. The van der Waals surface area contributed by atoms with E-state index in [0.29, 0.717) is 17.4 Å². The summed E-state index contributed by atoms with van der Waals surface area (Å²) in [7, 11) is 0. The molecule has 0 unspecified atom stereocenters. The number of nitrogen functional groups attached to an aromatic ring is 1. The van der Waals surface area contributed by atoms with Crippen molar-refractivity contribution in [2.24, 2.45) is 5.41 Å². The number of hydrogen-bond acceptors (Lipinski definition) is 2. The van der Waals surface area contributed by atoms with Crippen molar-refractivity contribution in [2.75, 3.05) is 5.73 Å². The molecular weight excluding hydrogens is 338 g/mol. The van der Waals surface area contributed by atoms with E-state index in [1.165, 1.54) is 0 Å². The van der Waals surface area contributed by atoms with Crippen LogP contribution in [0, 0.1) is 5.41 Å². The maximum atomic E-state index is 6.30. The maximum Gasteiger partial charge on any atom is 0.141 e. The Labute approximate surface area is 133 Å². The van der Waals surface area contributed by atoms with E-state index in [4.69, 9.17) is 17.3 Å². The molecule has 1 aromatic carbocycles. The first-order chi connectivity index (χ1) is 9.26. The molecule has 0 aliphatic rings. The predicted molar refractivity (Wildman–Crippen MR) is 88.1 cm³/mol. The number of rotatable bonds is 3. The van der Waals surface area contributed by atoms with Gasteiger partial charge in [0.2, 0.25) is 0 Å². The molecule has 20 heavy (non-hydrogen) atoms. The molecule has 0 bridgehead atoms. The highest BCUT2D eigenvalue weighted by molar-refractivity contribution is 9.10. The first kappa shape index (κ1) is 15.4. The molecule has 2 rings (SSSR count). The van der Waals surface area contributed by atoms with Gasteiger partial charge >= 0.3 is 0 Å². The zero-order valence-corrected chi connectivity index (χ0v) is 14.3. The molecule has 0 aliphatic heterocycles. The van der Waals surface area contributed by atoms with Gasteiger partial charge in [0.05, 0.1) is 12.2 Å². The van der Waals surface area contributed by atoms with Gasteiger partial charge < -0.3 is 5.73 Å². The van der Waals surface area contributed by atoms with E-state index in [9.17, 15) is 0 Å². The summed E-state index contributed by atoms with van der Waals surface area (Å²) in [6.07, 6.45) is 0.809. The average Bonchev–Trinajstić information content (AvgIpc) is 2.59. The topological polar surface area (TPSA) is 43.8 Å². The van der Waals surface area contributed by atoms with Crippen molar-refractivity contribution >= 4 is 33.3 Å². The van der Waals surface area contributed by atoms with Crippen molar-refractivity contribution in [3.05, 3.63) is 45.0 Å². The van der Waals surface area contributed by atoms with Crippen LogP contribution in [0.3, 0.4) is 0 Å². The van der Waals surface area contributed by atoms with Crippen LogP contribution in [0.5, 0.6) is 0 Å². The van der Waals surface area contributed by atoms with Crippen molar-refractivity contribution in [3.8, 4) is 0 Å². The zero-order chi connectivity index (χ0) is 14.9. The lowest BCUT2D eigenvalue weighted by Crippen LogP contribution is -2.11. The smallest absolute Gasteiger partial charge is 0.141 e. The van der Waals surface area contributed by atoms with E-state index in [-0.39, 0.29) is 5.41 Å². The van der Waals surface area contributed by atoms with Crippen LogP contribution in [0.1, 0.15) is 32.0 Å². The Morgan fingerprint density at radius 2 is 1.85 bits per heavy atom. The molecule has 3 nitrogen and oxygen atoms in total. The molecule has 0 fully saturated rings. The molecule has 1 aromatic heterocycles. The van der Waals surface area contributed by atoms with E-state index in [2.05, 4.69) is 41.8 Å². The van der Waals surface area contributed by atoms with Crippen molar-refractivity contribution in [1.82, 2.24) is 9.78 Å². The molecule has 0 saturated heterocycles. The third-order valence-corrected chi connectivity index (χ3v) is 3.88. The van der Waals surface area contributed by atoms with Gasteiger partial charge in [-0.15, -0.1) is 0 Å². The molecule has 0 saturated carbocycles. The van der Waals surface area contributed by atoms with Crippen molar-refractivity contribution < 1.29 is 0 Å². The summed E-state index contributed by atoms with van der Waals surface area (Å²) in [6, 6.07) is 8.10. The van der Waals surface area contributed by atoms with Gasteiger partial charge in [0, 0.05) is 4.47 Å². The van der Waals surface area contributed by atoms with Gasteiger partial charge in [-0.3, -0.25) is 0 Å². The van der Waals surface area contributed by atoms with Crippen LogP contribution in [-0.2, 0) is 13.0 Å². The Hall–Kier alpha value is -1.00. The Kier molecular flexibility index (Phi) is 4.45. The molecule has 0 aliphatic carbocycles. The minimum absolute atomic E-state index is 0.132. The summed E-state index contributed by atoms with van der Waals surface area (Å²) >= 11 is 9.72. The highest BCUT2D eigenvalue weighted by Gasteiger charge is 2.20. The number of hydrogen-bond donors (Lipinski definition) is 1. The van der Waals surface area contributed by atoms with E-state index in [1.54, 1.807) is 4.68 Å². The summed E-state index contributed by atoms with van der Waals surface area (Å²) < 4.78 is 2.83. The second-order valence-corrected chi connectivity index (χ2v) is 7.46. The normalized spacial score (nSPS) is 11.8. The molecule has 2 aromatic rings. The van der Waals surface area contributed by atoms with Crippen LogP contribution in [0.25, 0.3) is 0 Å². The standard InChI is InChI=1S/C15H19BrClN3/c1-15(2,3)8-12-13(17)14(18)20(19-12)9-10-4-6-11(16)7-5-10/h4-7H,8-9,18H2,1-3H3. The van der Waals surface area contributed by atoms with Gasteiger partial charge in [-0.25, -0.2) is 4.68 Å². The first-order valence-electron chi connectivity index (χ1n) is 6.51. The SMILES string of the molecule is CC(C)(C)Cc1nn(Cc2ccc(Br)cc2)c(N)c1Cl. The molecule has 1 heterocycles. The van der Waals surface area contributed by atoms with Crippen molar-refractivity contribution in [1.29, 1.82) is 0 Å². The summed E-state index contributed by atoms with van der Waals surface area (Å²) in [5.74, 6) is 0.536. The monoisotopic (exact) mass is 355 g/mol. The van der Waals surface area contributed by atoms with Gasteiger partial charge in [-0.1, -0.05) is 60.4 Å². The Morgan fingerprint density at radius 3 is 2.40 bits per heavy atom. The lowest BCUT2D eigenvalue weighted by molar-refractivity contribution is 0.404. The summed E-state index contributed by atoms with van der Waals surface area (Å²) in [4.78, 5) is 0. The number of benzene rings is 1. The Balaban J connectivity index is 2.24. The molecule has 0 amide bonds. The molecule has 5 heteroatoms. The maximum absolute atomic E-state index is 6.30. The van der Waals surface area contributed by atoms with Gasteiger partial charge in [-0.2, -0.15) is 5.10 Å². The zero-order valence-electron chi connectivity index (χ0n) is 12.0. The number of nitrogens with two attached hydrogens (primary N) is 1. The third-order valence-electron chi connectivity index (χ3n) is 2.94. The molecule has 2 N–H and O–H groups in total. The number of aromatic nitrogens is 2. The molecule has 108 valence electrons. The average molecular weight is 357 g/mol. The molecular formula is C15H19BrClN3. The highest BCUT2D eigenvalue weighted by atomic mass is 79.9. The summed E-state index contributed by atoms with van der Waals surface area (Å²) in [5.41, 5.74) is 8.20. The highest BCUT2D eigenvalue weighted by Crippen LogP contribution is 2.29. The molecule has 0 atom stereocenters. The minimum Gasteiger partial charge on any atom is -0.383 e. The third kappa shape index (κ3) is 3.76. The fourth-order valence-electron chi connectivity index (χ4n) is 2.00. The van der Waals surface area contributed by atoms with Crippen LogP contribution in [-0.4, -0.2) is 9.78 Å². The van der Waals surface area contributed by atoms with Crippen molar-refractivity contribution in [2.45, 2.75) is 33.7 Å². The van der Waals surface area contributed by atoms with Crippen LogP contribution in [0.15, 0.2) is 28.7 Å². The van der Waals surface area contributed by atoms with E-state index >= 15 is 0 Å². The fourth-order valence-corrected chi connectivity index (χ4v) is 2.47. The van der Waals surface area contributed by atoms with E-state index < -0.39 is 0 Å². The van der Waals surface area contributed by atoms with E-state index in [1.807, 2.05) is 24.3 Å². The second kappa shape index (κ2) is 5.78. The van der Waals surface area contributed by atoms with Gasteiger partial charge in [0.25, 0.3) is 0 Å².